The molecule has 1 N–H and O–H groups in total. The first-order chi connectivity index (χ1) is 9.90. The monoisotopic (exact) mass is 355 g/mol. The molecule has 112 valence electrons. The number of hydrogen-bond donors (Lipinski definition) is 1. The molecule has 6 heteroatoms. The van der Waals surface area contributed by atoms with Crippen LogP contribution in [-0.4, -0.2) is 40.6 Å². The number of carbonyl (C=O) groups excluding carboxylic acids is 1. The van der Waals surface area contributed by atoms with E-state index in [1.165, 1.54) is 4.90 Å². The Kier molecular flexibility index (Phi) is 3.51. The van der Waals surface area contributed by atoms with E-state index >= 15 is 0 Å². The number of halogens is 2. The molecule has 1 saturated heterocycles. The van der Waals surface area contributed by atoms with Gasteiger partial charge in [-0.3, -0.25) is 4.79 Å². The summed E-state index contributed by atoms with van der Waals surface area (Å²) in [6.07, 6.45) is 0.625. The van der Waals surface area contributed by atoms with Crippen molar-refractivity contribution in [3.05, 3.63) is 34.3 Å². The summed E-state index contributed by atoms with van der Waals surface area (Å²) in [4.78, 5) is 24.6. The Bertz CT molecular complexity index is 608. The lowest BCUT2D eigenvalue weighted by atomic mass is 10.1. The van der Waals surface area contributed by atoms with Crippen LogP contribution in [0.25, 0.3) is 0 Å². The summed E-state index contributed by atoms with van der Waals surface area (Å²) in [5.74, 6) is -1.58. The highest BCUT2D eigenvalue weighted by Crippen LogP contribution is 2.49. The summed E-state index contributed by atoms with van der Waals surface area (Å²) in [6.45, 7) is -0.147. The van der Waals surface area contributed by atoms with E-state index in [1.54, 1.807) is 0 Å². The van der Waals surface area contributed by atoms with Crippen molar-refractivity contribution in [2.45, 2.75) is 24.4 Å². The van der Waals surface area contributed by atoms with E-state index in [0.29, 0.717) is 0 Å². The third-order valence-electron chi connectivity index (χ3n) is 4.30. The zero-order valence-electron chi connectivity index (χ0n) is 11.3. The third kappa shape index (κ3) is 2.69. The molecule has 3 rings (SSSR count). The lowest BCUT2D eigenvalue weighted by molar-refractivity contribution is -0.150. The molecule has 4 nitrogen and oxygen atoms in total. The predicted octanol–water partition coefficient (Wildman–Crippen LogP) is 2.58. The Balaban J connectivity index is 1.65. The molecule has 3 atom stereocenters. The highest BCUT2D eigenvalue weighted by atomic mass is 79.9. The van der Waals surface area contributed by atoms with Crippen molar-refractivity contribution in [3.8, 4) is 0 Å². The number of carbonyl (C=O) groups is 2. The number of aliphatic carboxylic acids is 1. The molecular formula is C15H15BrFNO3. The van der Waals surface area contributed by atoms with E-state index in [-0.39, 0.29) is 37.3 Å². The van der Waals surface area contributed by atoms with Crippen LogP contribution in [0.3, 0.4) is 0 Å². The van der Waals surface area contributed by atoms with E-state index in [4.69, 9.17) is 5.11 Å². The van der Waals surface area contributed by atoms with Gasteiger partial charge in [-0.2, -0.15) is 0 Å². The van der Waals surface area contributed by atoms with E-state index in [9.17, 15) is 14.0 Å². The maximum Gasteiger partial charge on any atom is 0.343 e. The maximum absolute atomic E-state index is 14.0. The van der Waals surface area contributed by atoms with E-state index in [1.807, 2.05) is 24.3 Å². The minimum atomic E-state index is -2.28. The van der Waals surface area contributed by atoms with Crippen LogP contribution in [0.5, 0.6) is 0 Å². The molecule has 1 aromatic carbocycles. The van der Waals surface area contributed by atoms with Crippen LogP contribution in [0.4, 0.5) is 4.39 Å². The SMILES string of the molecule is O=C(C1CC1c1cccc(Br)c1)N1CCC(F)(C(=O)O)C1. The van der Waals surface area contributed by atoms with Crippen LogP contribution in [-0.2, 0) is 9.59 Å². The average Bonchev–Trinajstić information content (AvgIpc) is 3.14. The highest BCUT2D eigenvalue weighted by molar-refractivity contribution is 9.10. The van der Waals surface area contributed by atoms with Gasteiger partial charge >= 0.3 is 5.97 Å². The van der Waals surface area contributed by atoms with Gasteiger partial charge in [-0.25, -0.2) is 9.18 Å². The van der Waals surface area contributed by atoms with E-state index < -0.39 is 11.6 Å². The summed E-state index contributed by atoms with van der Waals surface area (Å²) in [5.41, 5.74) is -1.19. The number of carboxylic acids is 1. The smallest absolute Gasteiger partial charge is 0.343 e. The Labute approximate surface area is 130 Å². The van der Waals surface area contributed by atoms with Gasteiger partial charge in [0.25, 0.3) is 0 Å². The van der Waals surface area contributed by atoms with Crippen molar-refractivity contribution >= 4 is 27.8 Å². The minimum absolute atomic E-state index is 0.123. The molecule has 21 heavy (non-hydrogen) atoms. The number of likely N-dealkylation sites (tertiary alicyclic amines) is 1. The Morgan fingerprint density at radius 2 is 2.19 bits per heavy atom. The molecule has 1 aromatic rings. The average molecular weight is 356 g/mol. The van der Waals surface area contributed by atoms with Gasteiger partial charge in [0.1, 0.15) is 0 Å². The first-order valence-electron chi connectivity index (χ1n) is 6.87. The molecular weight excluding hydrogens is 341 g/mol. The molecule has 3 unspecified atom stereocenters. The first kappa shape index (κ1) is 14.5. The number of rotatable bonds is 3. The molecule has 2 fully saturated rings. The van der Waals surface area contributed by atoms with Gasteiger partial charge in [0.15, 0.2) is 0 Å². The van der Waals surface area contributed by atoms with Crippen LogP contribution < -0.4 is 0 Å². The zero-order valence-corrected chi connectivity index (χ0v) is 12.8. The molecule has 1 amide bonds. The van der Waals surface area contributed by atoms with Gasteiger partial charge < -0.3 is 10.0 Å². The number of carboxylic acid groups (broad SMARTS) is 1. The molecule has 2 aliphatic rings. The topological polar surface area (TPSA) is 57.6 Å². The molecule has 1 heterocycles. The summed E-state index contributed by atoms with van der Waals surface area (Å²) < 4.78 is 15.0. The summed E-state index contributed by atoms with van der Waals surface area (Å²) in [7, 11) is 0. The van der Waals surface area contributed by atoms with E-state index in [0.717, 1.165) is 16.5 Å². The maximum atomic E-state index is 14.0. The number of nitrogens with zero attached hydrogens (tertiary/aromatic N) is 1. The largest absolute Gasteiger partial charge is 0.479 e. The first-order valence-corrected chi connectivity index (χ1v) is 7.66. The van der Waals surface area contributed by atoms with Crippen LogP contribution in [0, 0.1) is 5.92 Å². The number of hydrogen-bond acceptors (Lipinski definition) is 2. The van der Waals surface area contributed by atoms with Crippen LogP contribution in [0.15, 0.2) is 28.7 Å². The van der Waals surface area contributed by atoms with Crippen molar-refractivity contribution < 1.29 is 19.1 Å². The number of amides is 1. The summed E-state index contributed by atoms with van der Waals surface area (Å²) in [6, 6.07) is 7.81. The fourth-order valence-electron chi connectivity index (χ4n) is 2.94. The summed E-state index contributed by atoms with van der Waals surface area (Å²) >= 11 is 3.40. The van der Waals surface area contributed by atoms with Crippen molar-refractivity contribution in [2.75, 3.05) is 13.1 Å². The second kappa shape index (κ2) is 5.09. The molecule has 0 spiro atoms. The second-order valence-electron chi connectivity index (χ2n) is 5.78. The van der Waals surface area contributed by atoms with Gasteiger partial charge in [-0.15, -0.1) is 0 Å². The molecule has 0 radical (unpaired) electrons. The second-order valence-corrected chi connectivity index (χ2v) is 6.70. The molecule has 0 bridgehead atoms. The lowest BCUT2D eigenvalue weighted by Gasteiger charge is -2.17. The van der Waals surface area contributed by atoms with Gasteiger partial charge in [-0.05, 0) is 30.0 Å². The van der Waals surface area contributed by atoms with Gasteiger partial charge in [0.2, 0.25) is 11.6 Å². The Morgan fingerprint density at radius 1 is 1.43 bits per heavy atom. The lowest BCUT2D eigenvalue weighted by Crippen LogP contribution is -2.39. The Hall–Kier alpha value is -1.43. The number of alkyl halides is 1. The fourth-order valence-corrected chi connectivity index (χ4v) is 3.36. The van der Waals surface area contributed by atoms with Gasteiger partial charge in [0, 0.05) is 23.4 Å². The van der Waals surface area contributed by atoms with Crippen LogP contribution in [0.2, 0.25) is 0 Å². The van der Waals surface area contributed by atoms with Crippen molar-refractivity contribution in [1.82, 2.24) is 4.90 Å². The van der Waals surface area contributed by atoms with Crippen LogP contribution >= 0.6 is 15.9 Å². The minimum Gasteiger partial charge on any atom is -0.479 e. The number of benzene rings is 1. The third-order valence-corrected chi connectivity index (χ3v) is 4.79. The molecule has 1 aliphatic carbocycles. The van der Waals surface area contributed by atoms with Crippen molar-refractivity contribution in [3.63, 3.8) is 0 Å². The highest BCUT2D eigenvalue weighted by Gasteiger charge is 2.52. The normalized spacial score (nSPS) is 31.2. The van der Waals surface area contributed by atoms with Crippen molar-refractivity contribution in [1.29, 1.82) is 0 Å². The van der Waals surface area contributed by atoms with Gasteiger partial charge in [-0.1, -0.05) is 28.1 Å². The standard InChI is InChI=1S/C15H15BrFNO3/c16-10-3-1-2-9(6-10)11-7-12(11)13(19)18-5-4-15(17,8-18)14(20)21/h1-3,6,11-12H,4-5,7-8H2,(H,20,21). The summed E-state index contributed by atoms with van der Waals surface area (Å²) in [5, 5.41) is 8.87. The fraction of sp³-hybridized carbons (Fsp3) is 0.467. The molecule has 1 aliphatic heterocycles. The van der Waals surface area contributed by atoms with Crippen molar-refractivity contribution in [2.24, 2.45) is 5.92 Å². The van der Waals surface area contributed by atoms with E-state index in [2.05, 4.69) is 15.9 Å². The predicted molar refractivity (Wildman–Crippen MR) is 77.7 cm³/mol. The Morgan fingerprint density at radius 3 is 2.81 bits per heavy atom. The van der Waals surface area contributed by atoms with Crippen LogP contribution in [0.1, 0.15) is 24.3 Å². The quantitative estimate of drug-likeness (QED) is 0.906. The molecule has 1 saturated carbocycles. The van der Waals surface area contributed by atoms with Gasteiger partial charge in [0.05, 0.1) is 6.54 Å². The molecule has 0 aromatic heterocycles. The zero-order chi connectivity index (χ0) is 15.2.